The van der Waals surface area contributed by atoms with Crippen LogP contribution in [-0.4, -0.2) is 104 Å². The third-order valence-corrected chi connectivity index (χ3v) is 8.69. The van der Waals surface area contributed by atoms with E-state index in [-0.39, 0.29) is 51.0 Å². The molecule has 0 bridgehead atoms. The summed E-state index contributed by atoms with van der Waals surface area (Å²) in [6.07, 6.45) is 0.368. The lowest BCUT2D eigenvalue weighted by Crippen LogP contribution is -2.48. The molecule has 0 radical (unpaired) electrons. The van der Waals surface area contributed by atoms with Crippen molar-refractivity contribution in [3.63, 3.8) is 0 Å². The molecule has 4 atom stereocenters. The molecule has 0 spiro atoms. The molecule has 0 heterocycles. The summed E-state index contributed by atoms with van der Waals surface area (Å²) in [6.45, 7) is 6.86. The third-order valence-electron chi connectivity index (χ3n) is 6.83. The molecule has 0 fully saturated rings. The second kappa shape index (κ2) is 25.7. The van der Waals surface area contributed by atoms with E-state index < -0.39 is 36.2 Å². The highest BCUT2D eigenvalue weighted by molar-refractivity contribution is 7.99. The van der Waals surface area contributed by atoms with Crippen molar-refractivity contribution in [2.24, 2.45) is 11.5 Å². The molecule has 0 aliphatic heterocycles. The second-order valence-electron chi connectivity index (χ2n) is 10.4. The Hall–Kier alpha value is -2.36. The van der Waals surface area contributed by atoms with Gasteiger partial charge in [0.15, 0.2) is 12.2 Å². The Labute approximate surface area is 282 Å². The lowest BCUT2D eigenvalue weighted by molar-refractivity contribution is -0.145. The van der Waals surface area contributed by atoms with Crippen LogP contribution in [0, 0.1) is 0 Å². The van der Waals surface area contributed by atoms with Crippen molar-refractivity contribution in [1.82, 2.24) is 10.6 Å². The molecule has 3 unspecified atom stereocenters. The Kier molecular flexibility index (Phi) is 23.3. The number of amides is 2. The van der Waals surface area contributed by atoms with Gasteiger partial charge in [-0.15, -0.1) is 0 Å². The largest absolute Gasteiger partial charge is 0.465 e. The molecule has 1 rings (SSSR count). The zero-order valence-electron chi connectivity index (χ0n) is 27.8. The number of hydrogen-bond acceptors (Lipinski definition) is 12. The van der Waals surface area contributed by atoms with Gasteiger partial charge in [-0.2, -0.15) is 23.5 Å². The number of esters is 2. The Balaban J connectivity index is 2.29. The number of benzene rings is 1. The van der Waals surface area contributed by atoms with Crippen LogP contribution in [0.25, 0.3) is 0 Å². The molecule has 0 saturated heterocycles. The molecule has 46 heavy (non-hydrogen) atoms. The average molecular weight is 687 g/mol. The summed E-state index contributed by atoms with van der Waals surface area (Å²) in [7, 11) is 1.45. The summed E-state index contributed by atoms with van der Waals surface area (Å²) in [4.78, 5) is 49.2. The minimum atomic E-state index is -0.768. The van der Waals surface area contributed by atoms with Gasteiger partial charge in [0, 0.05) is 45.3 Å². The number of nitrogens with one attached hydrogen (secondary N) is 2. The predicted octanol–water partition coefficient (Wildman–Crippen LogP) is 2.19. The van der Waals surface area contributed by atoms with Gasteiger partial charge in [0.1, 0.15) is 6.61 Å². The first-order valence-electron chi connectivity index (χ1n) is 15.9. The first-order chi connectivity index (χ1) is 22.2. The molecule has 1 aromatic carbocycles. The number of carbonyl (C=O) groups is 4. The van der Waals surface area contributed by atoms with Crippen molar-refractivity contribution in [2.45, 2.75) is 83.8 Å². The van der Waals surface area contributed by atoms with Gasteiger partial charge < -0.3 is 41.0 Å². The molecule has 14 heteroatoms. The maximum atomic E-state index is 12.5. The van der Waals surface area contributed by atoms with E-state index in [2.05, 4.69) is 24.5 Å². The van der Waals surface area contributed by atoms with Crippen molar-refractivity contribution < 1.29 is 38.1 Å². The topological polar surface area (TPSA) is 181 Å². The predicted molar refractivity (Wildman–Crippen MR) is 184 cm³/mol. The second-order valence-corrected chi connectivity index (χ2v) is 13.1. The lowest BCUT2D eigenvalue weighted by atomic mass is 10.1. The van der Waals surface area contributed by atoms with E-state index in [4.69, 9.17) is 30.4 Å². The number of carbonyl (C=O) groups excluding carboxylic acids is 4. The van der Waals surface area contributed by atoms with Crippen LogP contribution in [0.15, 0.2) is 24.3 Å². The third kappa shape index (κ3) is 18.1. The van der Waals surface area contributed by atoms with Crippen LogP contribution in [-0.2, 0) is 51.2 Å². The smallest absolute Gasteiger partial charge is 0.307 e. The van der Waals surface area contributed by atoms with Gasteiger partial charge in [-0.25, -0.2) is 0 Å². The van der Waals surface area contributed by atoms with E-state index in [0.717, 1.165) is 34.1 Å². The van der Waals surface area contributed by atoms with Crippen LogP contribution in [0.4, 0.5) is 0 Å². The summed E-state index contributed by atoms with van der Waals surface area (Å²) in [6, 6.07) is 6.59. The first-order valence-corrected chi connectivity index (χ1v) is 18.2. The van der Waals surface area contributed by atoms with Crippen molar-refractivity contribution in [2.75, 3.05) is 56.4 Å². The normalized spacial score (nSPS) is 13.7. The van der Waals surface area contributed by atoms with Gasteiger partial charge in [-0.1, -0.05) is 38.1 Å². The highest BCUT2D eigenvalue weighted by Gasteiger charge is 2.26. The summed E-state index contributed by atoms with van der Waals surface area (Å²) in [5.41, 5.74) is 14.0. The SMILES string of the molecule is CCOC(C(=O)NCCC(=O)OCc1ccc(CCOC(=O)CCNC(=O)C(OC)C(N)CCSCC)cc1)[C@H](N)CCSCC. The van der Waals surface area contributed by atoms with Gasteiger partial charge in [-0.05, 0) is 53.9 Å². The molecule has 0 aliphatic rings. The lowest BCUT2D eigenvalue weighted by Gasteiger charge is -2.23. The van der Waals surface area contributed by atoms with E-state index in [0.29, 0.717) is 25.9 Å². The summed E-state index contributed by atoms with van der Waals surface area (Å²) in [5, 5.41) is 5.41. The molecule has 6 N–H and O–H groups in total. The molecular formula is C32H54N4O8S2. The minimum absolute atomic E-state index is 0.0252. The van der Waals surface area contributed by atoms with Crippen LogP contribution < -0.4 is 22.1 Å². The Bertz CT molecular complexity index is 1020. The maximum absolute atomic E-state index is 12.5. The monoisotopic (exact) mass is 686 g/mol. The maximum Gasteiger partial charge on any atom is 0.307 e. The molecular weight excluding hydrogens is 633 g/mol. The van der Waals surface area contributed by atoms with Crippen molar-refractivity contribution in [1.29, 1.82) is 0 Å². The zero-order chi connectivity index (χ0) is 34.2. The highest BCUT2D eigenvalue weighted by atomic mass is 32.2. The van der Waals surface area contributed by atoms with E-state index >= 15 is 0 Å². The molecule has 1 aromatic rings. The molecule has 0 aromatic heterocycles. The number of ether oxygens (including phenoxy) is 4. The van der Waals surface area contributed by atoms with Gasteiger partial charge in [0.25, 0.3) is 11.8 Å². The highest BCUT2D eigenvalue weighted by Crippen LogP contribution is 2.10. The van der Waals surface area contributed by atoms with E-state index in [1.54, 1.807) is 23.5 Å². The molecule has 0 saturated carbocycles. The van der Waals surface area contributed by atoms with E-state index in [1.165, 1.54) is 7.11 Å². The average Bonchev–Trinajstić information content (AvgIpc) is 3.03. The van der Waals surface area contributed by atoms with E-state index in [9.17, 15) is 19.2 Å². The van der Waals surface area contributed by atoms with Crippen LogP contribution in [0.1, 0.15) is 57.6 Å². The number of methoxy groups -OCH3 is 1. The number of thioether (sulfide) groups is 2. The molecule has 262 valence electrons. The number of hydrogen-bond donors (Lipinski definition) is 4. The van der Waals surface area contributed by atoms with E-state index in [1.807, 2.05) is 31.2 Å². The Morgan fingerprint density at radius 1 is 0.761 bits per heavy atom. The fraction of sp³-hybridized carbons (Fsp3) is 0.688. The van der Waals surface area contributed by atoms with Gasteiger partial charge in [0.05, 0.1) is 19.4 Å². The molecule has 0 aliphatic carbocycles. The standard InChI is InChI=1S/C32H54N4O8S2/c1-5-42-30(26(34)16-21-46-7-3)32(40)36-18-13-28(38)44-22-24-10-8-23(9-11-24)14-19-43-27(37)12-17-35-31(39)29(41-4)25(33)15-20-45-6-2/h8-11,25-26,29-30H,5-7,12-22,33-34H2,1-4H3,(H,35,39)(H,36,40)/t25?,26-,29?,30?/m1/s1. The number of rotatable bonds is 26. The first kappa shape index (κ1) is 41.7. The van der Waals surface area contributed by atoms with Crippen molar-refractivity contribution >= 4 is 47.3 Å². The fourth-order valence-corrected chi connectivity index (χ4v) is 5.70. The van der Waals surface area contributed by atoms with Gasteiger partial charge in [-0.3, -0.25) is 19.2 Å². The quantitative estimate of drug-likeness (QED) is 0.0825. The Morgan fingerprint density at radius 2 is 1.26 bits per heavy atom. The Morgan fingerprint density at radius 3 is 1.78 bits per heavy atom. The van der Waals surface area contributed by atoms with Crippen molar-refractivity contribution in [3.8, 4) is 0 Å². The summed E-state index contributed by atoms with van der Waals surface area (Å²) in [5.74, 6) is 2.15. The van der Waals surface area contributed by atoms with Gasteiger partial charge in [0.2, 0.25) is 0 Å². The van der Waals surface area contributed by atoms with Crippen LogP contribution in [0.2, 0.25) is 0 Å². The zero-order valence-corrected chi connectivity index (χ0v) is 29.4. The van der Waals surface area contributed by atoms with Crippen LogP contribution in [0.5, 0.6) is 0 Å². The number of nitrogens with two attached hydrogens (primary N) is 2. The molecule has 2 amide bonds. The van der Waals surface area contributed by atoms with Crippen LogP contribution in [0.3, 0.4) is 0 Å². The van der Waals surface area contributed by atoms with Gasteiger partial charge >= 0.3 is 11.9 Å². The summed E-state index contributed by atoms with van der Waals surface area (Å²) >= 11 is 3.51. The minimum Gasteiger partial charge on any atom is -0.465 e. The van der Waals surface area contributed by atoms with Crippen LogP contribution >= 0.6 is 23.5 Å². The van der Waals surface area contributed by atoms with Crippen molar-refractivity contribution in [3.05, 3.63) is 35.4 Å². The fourth-order valence-electron chi connectivity index (χ4n) is 4.25. The summed E-state index contributed by atoms with van der Waals surface area (Å²) < 4.78 is 21.4. The molecule has 12 nitrogen and oxygen atoms in total.